The molecule has 2 saturated heterocycles. The third kappa shape index (κ3) is 5.65. The van der Waals surface area contributed by atoms with Gasteiger partial charge in [0.15, 0.2) is 9.84 Å². The molecule has 0 bridgehead atoms. The van der Waals surface area contributed by atoms with Gasteiger partial charge in [0.25, 0.3) is 0 Å². The van der Waals surface area contributed by atoms with Gasteiger partial charge in [0.1, 0.15) is 17.5 Å². The summed E-state index contributed by atoms with van der Waals surface area (Å²) in [4.78, 5) is 10.8. The van der Waals surface area contributed by atoms with Gasteiger partial charge in [-0.15, -0.1) is 0 Å². The van der Waals surface area contributed by atoms with Gasteiger partial charge in [0, 0.05) is 62.1 Å². The smallest absolute Gasteiger partial charge is 0.165 e. The first-order chi connectivity index (χ1) is 14.9. The Kier molecular flexibility index (Phi) is 6.62. The molecule has 168 valence electrons. The first-order valence-corrected chi connectivity index (χ1v) is 12.7. The number of ether oxygens (including phenoxy) is 1. The first-order valence-electron chi connectivity index (χ1n) is 10.6. The number of benzene rings is 1. The lowest BCUT2D eigenvalue weighted by atomic mass is 10.0. The van der Waals surface area contributed by atoms with Gasteiger partial charge in [-0.1, -0.05) is 6.07 Å². The van der Waals surface area contributed by atoms with Gasteiger partial charge in [-0.3, -0.25) is 0 Å². The summed E-state index contributed by atoms with van der Waals surface area (Å²) in [7, 11) is -3.27. The number of rotatable bonds is 6. The Morgan fingerprint density at radius 1 is 1.13 bits per heavy atom. The van der Waals surface area contributed by atoms with Crippen molar-refractivity contribution in [2.45, 2.75) is 18.9 Å². The molecule has 0 unspecified atom stereocenters. The van der Waals surface area contributed by atoms with Crippen molar-refractivity contribution >= 4 is 27.0 Å². The van der Waals surface area contributed by atoms with Crippen LogP contribution in [0.25, 0.3) is 0 Å². The fourth-order valence-corrected chi connectivity index (χ4v) is 5.16. The predicted molar refractivity (Wildman–Crippen MR) is 121 cm³/mol. The highest BCUT2D eigenvalue weighted by molar-refractivity contribution is 7.90. The van der Waals surface area contributed by atoms with Crippen molar-refractivity contribution in [3.8, 4) is 0 Å². The van der Waals surface area contributed by atoms with Gasteiger partial charge in [0.2, 0.25) is 0 Å². The minimum absolute atomic E-state index is 0.0424. The van der Waals surface area contributed by atoms with Crippen molar-refractivity contribution < 1.29 is 17.5 Å². The molecule has 9 heteroatoms. The third-order valence-electron chi connectivity index (χ3n) is 5.78. The van der Waals surface area contributed by atoms with E-state index in [1.807, 2.05) is 23.1 Å². The number of sulfone groups is 1. The van der Waals surface area contributed by atoms with Crippen LogP contribution in [0.4, 0.5) is 21.6 Å². The predicted octanol–water partition coefficient (Wildman–Crippen LogP) is 2.53. The van der Waals surface area contributed by atoms with Crippen LogP contribution in [0.2, 0.25) is 0 Å². The Hall–Kier alpha value is -2.39. The van der Waals surface area contributed by atoms with Gasteiger partial charge >= 0.3 is 0 Å². The number of nitrogens with zero attached hydrogens (tertiary/aromatic N) is 4. The SMILES string of the molecule is CS(=O)(=O)CN(c1cc(N2CCOCC2)ccn1)[C@@H]1CCCN(c2cccc(F)c2)C1. The number of hydrogen-bond acceptors (Lipinski definition) is 7. The number of aromatic nitrogens is 1. The topological polar surface area (TPSA) is 66.0 Å². The molecule has 0 saturated carbocycles. The Bertz CT molecular complexity index is 998. The molecule has 0 aliphatic carbocycles. The molecule has 2 aliphatic heterocycles. The summed E-state index contributed by atoms with van der Waals surface area (Å²) in [6.45, 7) is 4.38. The minimum Gasteiger partial charge on any atom is -0.378 e. The number of morpholine rings is 1. The fourth-order valence-electron chi connectivity index (χ4n) is 4.31. The summed E-state index contributed by atoms with van der Waals surface area (Å²) in [6, 6.07) is 10.4. The van der Waals surface area contributed by atoms with E-state index >= 15 is 0 Å². The number of piperidine rings is 1. The largest absolute Gasteiger partial charge is 0.378 e. The van der Waals surface area contributed by atoms with E-state index in [-0.39, 0.29) is 17.7 Å². The fraction of sp³-hybridized carbons (Fsp3) is 0.500. The normalized spacial score (nSPS) is 20.0. The molecule has 0 spiro atoms. The molecule has 3 heterocycles. The van der Waals surface area contributed by atoms with Crippen LogP contribution in [0, 0.1) is 5.82 Å². The Labute approximate surface area is 183 Å². The first kappa shape index (κ1) is 21.8. The van der Waals surface area contributed by atoms with Crippen molar-refractivity contribution in [1.29, 1.82) is 0 Å². The quantitative estimate of drug-likeness (QED) is 0.673. The lowest BCUT2D eigenvalue weighted by Crippen LogP contribution is -2.50. The molecule has 7 nitrogen and oxygen atoms in total. The molecule has 0 N–H and O–H groups in total. The molecule has 1 aromatic carbocycles. The molecular formula is C22H29FN4O3S. The average molecular weight is 449 g/mol. The number of anilines is 3. The van der Waals surface area contributed by atoms with E-state index in [1.54, 1.807) is 12.3 Å². The number of pyridine rings is 1. The van der Waals surface area contributed by atoms with Crippen molar-refractivity contribution in [2.24, 2.45) is 0 Å². The minimum atomic E-state index is -3.27. The van der Waals surface area contributed by atoms with Gasteiger partial charge < -0.3 is 19.4 Å². The lowest BCUT2D eigenvalue weighted by Gasteiger charge is -2.41. The number of halogens is 1. The molecule has 4 rings (SSSR count). The van der Waals surface area contributed by atoms with E-state index in [4.69, 9.17) is 4.74 Å². The molecule has 2 fully saturated rings. The van der Waals surface area contributed by atoms with Crippen LogP contribution in [0.15, 0.2) is 42.6 Å². The highest BCUT2D eigenvalue weighted by atomic mass is 32.2. The maximum absolute atomic E-state index is 13.7. The molecule has 31 heavy (non-hydrogen) atoms. The second kappa shape index (κ2) is 9.40. The molecule has 2 aromatic rings. The standard InChI is InChI=1S/C22H29FN4O3S/c1-31(28,29)17-27(22-15-20(7-8-24-22)25-10-12-30-13-11-25)21-6-3-9-26(16-21)19-5-2-4-18(23)14-19/h2,4-5,7-8,14-15,21H,3,6,9-13,16-17H2,1H3/t21-/m1/s1. The maximum Gasteiger partial charge on any atom is 0.165 e. The monoisotopic (exact) mass is 448 g/mol. The van der Waals surface area contributed by atoms with E-state index < -0.39 is 9.84 Å². The van der Waals surface area contributed by atoms with Crippen LogP contribution < -0.4 is 14.7 Å². The third-order valence-corrected chi connectivity index (χ3v) is 6.53. The second-order valence-electron chi connectivity index (χ2n) is 8.22. The summed E-state index contributed by atoms with van der Waals surface area (Å²) < 4.78 is 43.8. The van der Waals surface area contributed by atoms with Crippen molar-refractivity contribution in [3.05, 3.63) is 48.4 Å². The zero-order valence-electron chi connectivity index (χ0n) is 17.8. The van der Waals surface area contributed by atoms with E-state index in [1.165, 1.54) is 18.4 Å². The van der Waals surface area contributed by atoms with Crippen molar-refractivity contribution in [2.75, 3.05) is 66.2 Å². The molecule has 0 amide bonds. The summed E-state index contributed by atoms with van der Waals surface area (Å²) in [6.07, 6.45) is 4.73. The van der Waals surface area contributed by atoms with E-state index in [0.717, 1.165) is 43.9 Å². The number of hydrogen-bond donors (Lipinski definition) is 0. The highest BCUT2D eigenvalue weighted by Crippen LogP contribution is 2.28. The lowest BCUT2D eigenvalue weighted by molar-refractivity contribution is 0.122. The van der Waals surface area contributed by atoms with E-state index in [0.29, 0.717) is 25.6 Å². The van der Waals surface area contributed by atoms with E-state index in [2.05, 4.69) is 14.8 Å². The van der Waals surface area contributed by atoms with E-state index in [9.17, 15) is 12.8 Å². The van der Waals surface area contributed by atoms with Crippen LogP contribution in [0.1, 0.15) is 12.8 Å². The zero-order valence-corrected chi connectivity index (χ0v) is 18.6. The van der Waals surface area contributed by atoms with Crippen LogP contribution in [0.5, 0.6) is 0 Å². The summed E-state index contributed by atoms with van der Waals surface area (Å²) in [5, 5.41) is 0. The molecule has 2 aliphatic rings. The van der Waals surface area contributed by atoms with Crippen LogP contribution >= 0.6 is 0 Å². The van der Waals surface area contributed by atoms with Crippen LogP contribution in [-0.4, -0.2) is 71.0 Å². The van der Waals surface area contributed by atoms with Crippen molar-refractivity contribution in [3.63, 3.8) is 0 Å². The second-order valence-corrected chi connectivity index (χ2v) is 10.3. The summed E-state index contributed by atoms with van der Waals surface area (Å²) >= 11 is 0. The highest BCUT2D eigenvalue weighted by Gasteiger charge is 2.29. The summed E-state index contributed by atoms with van der Waals surface area (Å²) in [5.74, 6) is 0.279. The van der Waals surface area contributed by atoms with Crippen molar-refractivity contribution in [1.82, 2.24) is 4.98 Å². The van der Waals surface area contributed by atoms with Gasteiger partial charge in [-0.2, -0.15) is 0 Å². The maximum atomic E-state index is 13.7. The summed E-state index contributed by atoms with van der Waals surface area (Å²) in [5.41, 5.74) is 1.84. The Balaban J connectivity index is 1.60. The Morgan fingerprint density at radius 3 is 2.65 bits per heavy atom. The molecule has 1 aromatic heterocycles. The molecular weight excluding hydrogens is 419 g/mol. The average Bonchev–Trinajstić information content (AvgIpc) is 2.78. The Morgan fingerprint density at radius 2 is 1.90 bits per heavy atom. The van der Waals surface area contributed by atoms with Crippen LogP contribution in [0.3, 0.4) is 0 Å². The molecule has 1 atom stereocenters. The zero-order chi connectivity index (χ0) is 21.8. The van der Waals surface area contributed by atoms with Gasteiger partial charge in [0.05, 0.1) is 13.2 Å². The van der Waals surface area contributed by atoms with Gasteiger partial charge in [-0.25, -0.2) is 17.8 Å². The van der Waals surface area contributed by atoms with Crippen LogP contribution in [-0.2, 0) is 14.6 Å². The molecule has 0 radical (unpaired) electrons. The van der Waals surface area contributed by atoms with Gasteiger partial charge in [-0.05, 0) is 37.1 Å².